The molecular weight excluding hydrogens is 764 g/mol. The standard InChI is InChI=1S/C44H48N2O13/c1-51-31-14-9-25(21-35(31)55-5)19-29(24-47)45-43(49)40-39-27(11-17-34(54-4)42(39)59-41(40)28-12-16-33(53-3)37(23-28)57-7)13-18-38(48)46-30(44(50)58-8)20-26-10-15-32(52-2)36(22-26)56-6/h9-18,21-24,29-30,40-41H,19-20H2,1-8H3,(H,45,49)(H,46,48). The highest BCUT2D eigenvalue weighted by atomic mass is 16.5. The number of fused-ring (bicyclic) bond motifs is 1. The van der Waals surface area contributed by atoms with Gasteiger partial charge in [0.15, 0.2) is 46.0 Å². The number of nitrogens with one attached hydrogen (secondary N) is 2. The topological polar surface area (TPSA) is 175 Å². The summed E-state index contributed by atoms with van der Waals surface area (Å²) in [5.74, 6) is 0.545. The van der Waals surface area contributed by atoms with Crippen molar-refractivity contribution < 1.29 is 61.8 Å². The highest BCUT2D eigenvalue weighted by molar-refractivity contribution is 5.96. The Morgan fingerprint density at radius 1 is 0.644 bits per heavy atom. The van der Waals surface area contributed by atoms with Gasteiger partial charge in [-0.15, -0.1) is 0 Å². The second-order valence-corrected chi connectivity index (χ2v) is 13.2. The molecule has 15 nitrogen and oxygen atoms in total. The van der Waals surface area contributed by atoms with Crippen molar-refractivity contribution in [1.82, 2.24) is 10.6 Å². The van der Waals surface area contributed by atoms with E-state index in [4.69, 9.17) is 42.6 Å². The molecule has 0 spiro atoms. The lowest BCUT2D eigenvalue weighted by atomic mass is 9.86. The van der Waals surface area contributed by atoms with E-state index in [0.717, 1.165) is 0 Å². The third kappa shape index (κ3) is 9.80. The first-order valence-corrected chi connectivity index (χ1v) is 18.4. The number of methoxy groups -OCH3 is 8. The quantitative estimate of drug-likeness (QED) is 0.0751. The molecule has 0 aliphatic carbocycles. The Hall–Kier alpha value is -6.90. The minimum absolute atomic E-state index is 0.0921. The van der Waals surface area contributed by atoms with Gasteiger partial charge in [0.25, 0.3) is 0 Å². The molecule has 0 saturated carbocycles. The molecule has 2 amide bonds. The molecule has 59 heavy (non-hydrogen) atoms. The second-order valence-electron chi connectivity index (χ2n) is 13.2. The van der Waals surface area contributed by atoms with E-state index in [0.29, 0.717) is 74.4 Å². The largest absolute Gasteiger partial charge is 0.493 e. The lowest BCUT2D eigenvalue weighted by Gasteiger charge is -2.23. The monoisotopic (exact) mass is 812 g/mol. The molecule has 0 aromatic heterocycles. The van der Waals surface area contributed by atoms with Crippen LogP contribution in [0.25, 0.3) is 6.08 Å². The highest BCUT2D eigenvalue weighted by Gasteiger charge is 2.44. The third-order valence-electron chi connectivity index (χ3n) is 9.79. The molecule has 4 aromatic rings. The van der Waals surface area contributed by atoms with E-state index < -0.39 is 41.9 Å². The number of esters is 1. The fourth-order valence-corrected chi connectivity index (χ4v) is 6.88. The fourth-order valence-electron chi connectivity index (χ4n) is 6.88. The van der Waals surface area contributed by atoms with Gasteiger partial charge in [-0.3, -0.25) is 9.59 Å². The number of ether oxygens (including phenoxy) is 9. The Kier molecular flexibility index (Phi) is 14.6. The molecule has 312 valence electrons. The minimum Gasteiger partial charge on any atom is -0.493 e. The number of amides is 2. The lowest BCUT2D eigenvalue weighted by molar-refractivity contribution is -0.144. The van der Waals surface area contributed by atoms with Crippen LogP contribution in [0.3, 0.4) is 0 Å². The summed E-state index contributed by atoms with van der Waals surface area (Å²) in [5, 5.41) is 5.62. The van der Waals surface area contributed by atoms with Gasteiger partial charge in [0, 0.05) is 18.1 Å². The molecular formula is C44H48N2O13. The summed E-state index contributed by atoms with van der Waals surface area (Å²) in [6.07, 6.45) is 2.71. The van der Waals surface area contributed by atoms with Gasteiger partial charge in [0.2, 0.25) is 11.8 Å². The van der Waals surface area contributed by atoms with Crippen LogP contribution in [-0.2, 0) is 36.8 Å². The molecule has 0 fully saturated rings. The highest BCUT2D eigenvalue weighted by Crippen LogP contribution is 2.53. The maximum absolute atomic E-state index is 14.6. The first kappa shape index (κ1) is 43.2. The number of carbonyl (C=O) groups is 4. The van der Waals surface area contributed by atoms with Crippen LogP contribution >= 0.6 is 0 Å². The SMILES string of the molecule is COC(=O)C(Cc1ccc(OC)c(OC)c1)NC(=O)C=Cc1ccc(OC)c2c1C(C(=O)NC(C=O)Cc1ccc(OC)c(OC)c1)C(c1ccc(OC)c(OC)c1)O2. The summed E-state index contributed by atoms with van der Waals surface area (Å²) in [5.41, 5.74) is 2.80. The lowest BCUT2D eigenvalue weighted by Crippen LogP contribution is -2.42. The minimum atomic E-state index is -1.07. The van der Waals surface area contributed by atoms with Gasteiger partial charge in [-0.2, -0.15) is 0 Å². The molecule has 2 N–H and O–H groups in total. The summed E-state index contributed by atoms with van der Waals surface area (Å²) in [4.78, 5) is 53.4. The van der Waals surface area contributed by atoms with Crippen LogP contribution in [0, 0.1) is 0 Å². The van der Waals surface area contributed by atoms with Gasteiger partial charge < -0.3 is 58.1 Å². The maximum Gasteiger partial charge on any atom is 0.328 e. The Labute approximate surface area is 342 Å². The first-order valence-electron chi connectivity index (χ1n) is 18.4. The van der Waals surface area contributed by atoms with Crippen molar-refractivity contribution >= 4 is 30.1 Å². The van der Waals surface area contributed by atoms with Crippen LogP contribution in [0.2, 0.25) is 0 Å². The summed E-state index contributed by atoms with van der Waals surface area (Å²) >= 11 is 0. The predicted molar refractivity (Wildman–Crippen MR) is 216 cm³/mol. The summed E-state index contributed by atoms with van der Waals surface area (Å²) in [6.45, 7) is 0. The van der Waals surface area contributed by atoms with Crippen LogP contribution in [0.4, 0.5) is 0 Å². The van der Waals surface area contributed by atoms with Gasteiger partial charge in [0.1, 0.15) is 24.3 Å². The zero-order chi connectivity index (χ0) is 42.6. The Morgan fingerprint density at radius 2 is 1.17 bits per heavy atom. The molecule has 0 bridgehead atoms. The van der Waals surface area contributed by atoms with Gasteiger partial charge in [0.05, 0.1) is 62.9 Å². The molecule has 0 saturated heterocycles. The van der Waals surface area contributed by atoms with Crippen molar-refractivity contribution in [3.8, 4) is 46.0 Å². The maximum atomic E-state index is 14.6. The van der Waals surface area contributed by atoms with Crippen LogP contribution in [0.15, 0.2) is 72.8 Å². The summed E-state index contributed by atoms with van der Waals surface area (Å²) in [6, 6.07) is 16.9. The number of hydrogen-bond acceptors (Lipinski definition) is 13. The summed E-state index contributed by atoms with van der Waals surface area (Å²) in [7, 11) is 11.7. The van der Waals surface area contributed by atoms with E-state index >= 15 is 0 Å². The van der Waals surface area contributed by atoms with E-state index in [9.17, 15) is 19.2 Å². The molecule has 1 heterocycles. The molecule has 4 aromatic carbocycles. The van der Waals surface area contributed by atoms with Crippen molar-refractivity contribution in [3.05, 3.63) is 101 Å². The molecule has 15 heteroatoms. The predicted octanol–water partition coefficient (Wildman–Crippen LogP) is 4.80. The van der Waals surface area contributed by atoms with Gasteiger partial charge >= 0.3 is 5.97 Å². The average molecular weight is 813 g/mol. The van der Waals surface area contributed by atoms with Gasteiger partial charge in [-0.1, -0.05) is 24.3 Å². The van der Waals surface area contributed by atoms with Crippen LogP contribution < -0.4 is 48.5 Å². The summed E-state index contributed by atoms with van der Waals surface area (Å²) < 4.78 is 49.7. The molecule has 1 aliphatic rings. The second kappa shape index (κ2) is 20.0. The molecule has 4 unspecified atom stereocenters. The van der Waals surface area contributed by atoms with Crippen molar-refractivity contribution in [2.24, 2.45) is 0 Å². The number of hydrogen-bond donors (Lipinski definition) is 2. The number of carbonyl (C=O) groups excluding carboxylic acids is 4. The van der Waals surface area contributed by atoms with Crippen LogP contribution in [0.1, 0.15) is 39.8 Å². The molecule has 4 atom stereocenters. The van der Waals surface area contributed by atoms with E-state index in [-0.39, 0.29) is 18.6 Å². The Bertz CT molecular complexity index is 2190. The number of aldehydes is 1. The van der Waals surface area contributed by atoms with E-state index in [1.807, 2.05) is 0 Å². The Balaban J connectivity index is 1.50. The van der Waals surface area contributed by atoms with Crippen molar-refractivity contribution in [1.29, 1.82) is 0 Å². The van der Waals surface area contributed by atoms with E-state index in [1.165, 1.54) is 69.0 Å². The zero-order valence-corrected chi connectivity index (χ0v) is 34.1. The number of rotatable bonds is 19. The number of benzene rings is 4. The van der Waals surface area contributed by atoms with Gasteiger partial charge in [-0.25, -0.2) is 4.79 Å². The molecule has 1 aliphatic heterocycles. The van der Waals surface area contributed by atoms with E-state index in [2.05, 4.69) is 10.6 Å². The third-order valence-corrected chi connectivity index (χ3v) is 9.79. The van der Waals surface area contributed by atoms with Crippen molar-refractivity contribution in [3.63, 3.8) is 0 Å². The smallest absolute Gasteiger partial charge is 0.328 e. The molecule has 5 rings (SSSR count). The first-order chi connectivity index (χ1) is 28.6. The van der Waals surface area contributed by atoms with Gasteiger partial charge in [-0.05, 0) is 77.2 Å². The van der Waals surface area contributed by atoms with Crippen molar-refractivity contribution in [2.75, 3.05) is 56.9 Å². The van der Waals surface area contributed by atoms with Crippen molar-refractivity contribution in [2.45, 2.75) is 36.9 Å². The Morgan fingerprint density at radius 3 is 1.71 bits per heavy atom. The fraction of sp³-hybridized carbons (Fsp3) is 0.318. The zero-order valence-electron chi connectivity index (χ0n) is 34.1. The normalized spacial score (nSPS) is 15.1. The van der Waals surface area contributed by atoms with E-state index in [1.54, 1.807) is 66.7 Å². The van der Waals surface area contributed by atoms with Crippen LogP contribution in [0.5, 0.6) is 46.0 Å². The van der Waals surface area contributed by atoms with Crippen LogP contribution in [-0.4, -0.2) is 93.0 Å². The molecule has 0 radical (unpaired) electrons. The average Bonchev–Trinajstić information content (AvgIpc) is 3.68.